The Hall–Kier alpha value is -2.33. The average molecular weight is 621 g/mol. The monoisotopic (exact) mass is 620 g/mol. The first-order valence-electron chi connectivity index (χ1n) is 13.3. The Morgan fingerprint density at radius 3 is 2.07 bits per heavy atom. The molecule has 4 rings (SSSR count). The van der Waals surface area contributed by atoms with Crippen molar-refractivity contribution in [3.8, 4) is 5.75 Å². The van der Waals surface area contributed by atoms with Gasteiger partial charge in [0.1, 0.15) is 66.8 Å². The van der Waals surface area contributed by atoms with Crippen molar-refractivity contribution in [2.24, 2.45) is 0 Å². The summed E-state index contributed by atoms with van der Waals surface area (Å²) < 4.78 is 31.6. The lowest BCUT2D eigenvalue weighted by atomic mass is 9.99. The van der Waals surface area contributed by atoms with Gasteiger partial charge in [-0.1, -0.05) is 12.1 Å². The zero-order valence-electron chi connectivity index (χ0n) is 22.5. The number of hydrogen-bond donors (Lipinski definition) is 10. The summed E-state index contributed by atoms with van der Waals surface area (Å²) in [5.41, 5.74) is 0.516. The normalized spacial score (nSPS) is 42.1. The highest BCUT2D eigenvalue weighted by atomic mass is 16.7. The molecule has 0 aromatic heterocycles. The SMILES string of the molecule is O=C(/C=C/c1ccc(O[C@@H]2O[C@H](CO)[C@@H](O)[C@H](O)[C@H]2O)cc1)O[C@@H]1CO[C@@H](OC[C@H]2O[C@@H](O)[C@H](O)[C@@H](O)[C@@H]2O)[C@H](O)[C@H]1O. The molecule has 17 heteroatoms. The molecule has 0 saturated carbocycles. The standard InChI is InChI=1S/C26H36O17/c27-7-12-16(29)20(33)23(36)26(43-12)40-11-4-1-10(2-5-11)3-6-15(28)41-13-8-38-25(22(35)18(13)31)39-9-14-17(30)19(32)21(34)24(37)42-14/h1-6,12-14,16-27,29-37H,7-9H2/b6-3+/t12-,13-,14-,16-,17-,18+,19+,20+,21-,22-,23-,24-,25+,26-/m1/s1. The van der Waals surface area contributed by atoms with Crippen molar-refractivity contribution in [2.75, 3.05) is 19.8 Å². The Bertz CT molecular complexity index is 1070. The second-order valence-corrected chi connectivity index (χ2v) is 10.2. The van der Waals surface area contributed by atoms with Crippen LogP contribution >= 0.6 is 0 Å². The lowest BCUT2D eigenvalue weighted by Gasteiger charge is -2.40. The van der Waals surface area contributed by atoms with E-state index in [9.17, 15) is 55.9 Å². The van der Waals surface area contributed by atoms with E-state index in [-0.39, 0.29) is 12.4 Å². The van der Waals surface area contributed by atoms with Crippen molar-refractivity contribution in [3.05, 3.63) is 35.9 Å². The second-order valence-electron chi connectivity index (χ2n) is 10.2. The smallest absolute Gasteiger partial charge is 0.331 e. The molecule has 0 spiro atoms. The molecule has 10 N–H and O–H groups in total. The first kappa shape index (κ1) is 33.6. The molecule has 0 radical (unpaired) electrons. The molecule has 3 aliphatic rings. The van der Waals surface area contributed by atoms with Gasteiger partial charge in [0.2, 0.25) is 6.29 Å². The number of esters is 1. The summed E-state index contributed by atoms with van der Waals surface area (Å²) in [6.45, 7) is -1.46. The molecule has 3 saturated heterocycles. The van der Waals surface area contributed by atoms with Crippen molar-refractivity contribution in [3.63, 3.8) is 0 Å². The number of benzene rings is 1. The third-order valence-electron chi connectivity index (χ3n) is 7.21. The summed E-state index contributed by atoms with van der Waals surface area (Å²) in [7, 11) is 0. The number of aliphatic hydroxyl groups excluding tert-OH is 10. The van der Waals surface area contributed by atoms with Gasteiger partial charge in [-0.05, 0) is 23.8 Å². The summed E-state index contributed by atoms with van der Waals surface area (Å²) in [4.78, 5) is 12.3. The molecule has 0 aliphatic carbocycles. The minimum Gasteiger partial charge on any atom is -0.462 e. The average Bonchev–Trinajstić information content (AvgIpc) is 3.00. The van der Waals surface area contributed by atoms with Crippen LogP contribution in [-0.2, 0) is 28.5 Å². The fraction of sp³-hybridized carbons (Fsp3) is 0.654. The van der Waals surface area contributed by atoms with Gasteiger partial charge >= 0.3 is 5.97 Å². The molecule has 242 valence electrons. The van der Waals surface area contributed by atoms with Crippen LogP contribution in [0, 0.1) is 0 Å². The van der Waals surface area contributed by atoms with Gasteiger partial charge in [0.25, 0.3) is 0 Å². The van der Waals surface area contributed by atoms with Crippen LogP contribution in [-0.4, -0.2) is 163 Å². The minimum absolute atomic E-state index is 0.215. The summed E-state index contributed by atoms with van der Waals surface area (Å²) in [6.07, 6.45) is -18.9. The van der Waals surface area contributed by atoms with E-state index in [1.807, 2.05) is 0 Å². The van der Waals surface area contributed by atoms with E-state index >= 15 is 0 Å². The van der Waals surface area contributed by atoms with Gasteiger partial charge in [-0.3, -0.25) is 0 Å². The first-order valence-corrected chi connectivity index (χ1v) is 13.3. The second kappa shape index (κ2) is 14.6. The summed E-state index contributed by atoms with van der Waals surface area (Å²) in [6, 6.07) is 6.03. The molecule has 1 aromatic rings. The zero-order chi connectivity index (χ0) is 31.4. The maximum atomic E-state index is 12.3. The van der Waals surface area contributed by atoms with Gasteiger partial charge in [0.05, 0.1) is 19.8 Å². The van der Waals surface area contributed by atoms with Crippen molar-refractivity contribution >= 4 is 12.0 Å². The fourth-order valence-electron chi connectivity index (χ4n) is 4.59. The van der Waals surface area contributed by atoms with Crippen LogP contribution in [0.4, 0.5) is 0 Å². The van der Waals surface area contributed by atoms with Crippen LogP contribution in [0.25, 0.3) is 6.08 Å². The molecule has 0 amide bonds. The van der Waals surface area contributed by atoms with E-state index in [1.54, 1.807) is 12.1 Å². The topological polar surface area (TPSA) is 275 Å². The third kappa shape index (κ3) is 7.85. The molecule has 3 heterocycles. The quantitative estimate of drug-likeness (QED) is 0.0911. The van der Waals surface area contributed by atoms with Crippen molar-refractivity contribution in [2.45, 2.75) is 86.0 Å². The Morgan fingerprint density at radius 2 is 1.40 bits per heavy atom. The number of carbonyl (C=O) groups is 1. The van der Waals surface area contributed by atoms with E-state index < -0.39 is 105 Å². The predicted molar refractivity (Wildman–Crippen MR) is 136 cm³/mol. The lowest BCUT2D eigenvalue weighted by Crippen LogP contribution is -2.60. The predicted octanol–water partition coefficient (Wildman–Crippen LogP) is -5.32. The highest BCUT2D eigenvalue weighted by Crippen LogP contribution is 2.26. The first-order chi connectivity index (χ1) is 20.4. The van der Waals surface area contributed by atoms with Crippen LogP contribution in [0.15, 0.2) is 30.3 Å². The highest BCUT2D eigenvalue weighted by Gasteiger charge is 2.46. The molecule has 14 atom stereocenters. The van der Waals surface area contributed by atoms with Crippen molar-refractivity contribution in [1.29, 1.82) is 0 Å². The molecule has 0 bridgehead atoms. The van der Waals surface area contributed by atoms with E-state index in [1.165, 1.54) is 18.2 Å². The maximum Gasteiger partial charge on any atom is 0.331 e. The number of ether oxygens (including phenoxy) is 6. The lowest BCUT2D eigenvalue weighted by molar-refractivity contribution is -0.312. The Labute approximate surface area is 244 Å². The van der Waals surface area contributed by atoms with Crippen molar-refractivity contribution < 1.29 is 84.3 Å². The largest absolute Gasteiger partial charge is 0.462 e. The maximum absolute atomic E-state index is 12.3. The summed E-state index contributed by atoms with van der Waals surface area (Å²) in [5, 5.41) is 98.7. The molecule has 0 unspecified atom stereocenters. The molecule has 3 aliphatic heterocycles. The Kier molecular flexibility index (Phi) is 11.4. The molecule has 1 aromatic carbocycles. The molecular weight excluding hydrogens is 584 g/mol. The van der Waals surface area contributed by atoms with Crippen LogP contribution in [0.2, 0.25) is 0 Å². The van der Waals surface area contributed by atoms with Gasteiger partial charge in [-0.25, -0.2) is 4.79 Å². The van der Waals surface area contributed by atoms with Crippen LogP contribution in [0.1, 0.15) is 5.56 Å². The van der Waals surface area contributed by atoms with Gasteiger partial charge in [-0.2, -0.15) is 0 Å². The van der Waals surface area contributed by atoms with Crippen LogP contribution in [0.3, 0.4) is 0 Å². The van der Waals surface area contributed by atoms with Crippen molar-refractivity contribution in [1.82, 2.24) is 0 Å². The molecule has 3 fully saturated rings. The van der Waals surface area contributed by atoms with E-state index in [4.69, 9.17) is 28.4 Å². The molecule has 43 heavy (non-hydrogen) atoms. The van der Waals surface area contributed by atoms with E-state index in [2.05, 4.69) is 0 Å². The molecule has 17 nitrogen and oxygen atoms in total. The van der Waals surface area contributed by atoms with Gasteiger partial charge in [0, 0.05) is 6.08 Å². The third-order valence-corrected chi connectivity index (χ3v) is 7.21. The van der Waals surface area contributed by atoms with E-state index in [0.717, 1.165) is 6.08 Å². The number of carbonyl (C=O) groups excluding carboxylic acids is 1. The Morgan fingerprint density at radius 1 is 0.767 bits per heavy atom. The highest BCUT2D eigenvalue weighted by molar-refractivity contribution is 5.87. The number of aliphatic hydroxyl groups is 10. The summed E-state index contributed by atoms with van der Waals surface area (Å²) in [5.74, 6) is -0.659. The number of hydrogen-bond acceptors (Lipinski definition) is 17. The van der Waals surface area contributed by atoms with Gasteiger partial charge < -0.3 is 79.5 Å². The van der Waals surface area contributed by atoms with Gasteiger partial charge in [0.15, 0.2) is 18.7 Å². The minimum atomic E-state index is -1.78. The number of rotatable bonds is 9. The zero-order valence-corrected chi connectivity index (χ0v) is 22.5. The fourth-order valence-corrected chi connectivity index (χ4v) is 4.59. The summed E-state index contributed by atoms with van der Waals surface area (Å²) >= 11 is 0. The van der Waals surface area contributed by atoms with Crippen LogP contribution in [0.5, 0.6) is 5.75 Å². The molecular formula is C26H36O17. The van der Waals surface area contributed by atoms with Crippen LogP contribution < -0.4 is 4.74 Å². The van der Waals surface area contributed by atoms with E-state index in [0.29, 0.717) is 5.56 Å². The Balaban J connectivity index is 1.23. The van der Waals surface area contributed by atoms with Gasteiger partial charge in [-0.15, -0.1) is 0 Å².